The highest BCUT2D eigenvalue weighted by Crippen LogP contribution is 2.29. The van der Waals surface area contributed by atoms with Crippen LogP contribution >= 0.6 is 11.8 Å². The van der Waals surface area contributed by atoms with Crippen LogP contribution in [0.4, 0.5) is 17.2 Å². The molecule has 0 aliphatic carbocycles. The standard InChI is InChI=1S/C33H35N5O3S/c1-21-26(7-6-8-27(21)36-30(39)22-9-13-24(14-10-22)33(2,3)4)28-19-37(5)32(41)29(35-28)34-25-15-11-23(12-16-25)31(40)38-17-18-42-20-38/h6-16,19H,17-18,20H2,1-5H3,(H,34,35)(H,36,39). The van der Waals surface area contributed by atoms with Gasteiger partial charge in [-0.1, -0.05) is 45.0 Å². The molecule has 8 nitrogen and oxygen atoms in total. The molecule has 1 aromatic heterocycles. The highest BCUT2D eigenvalue weighted by atomic mass is 32.2. The van der Waals surface area contributed by atoms with Gasteiger partial charge in [-0.3, -0.25) is 14.4 Å². The van der Waals surface area contributed by atoms with E-state index in [9.17, 15) is 14.4 Å². The summed E-state index contributed by atoms with van der Waals surface area (Å²) in [6.45, 7) is 9.09. The van der Waals surface area contributed by atoms with E-state index >= 15 is 0 Å². The molecule has 5 rings (SSSR count). The Morgan fingerprint density at radius 3 is 2.29 bits per heavy atom. The van der Waals surface area contributed by atoms with E-state index in [2.05, 4.69) is 36.4 Å². The zero-order chi connectivity index (χ0) is 30.0. The number of benzene rings is 3. The predicted molar refractivity (Wildman–Crippen MR) is 171 cm³/mol. The van der Waals surface area contributed by atoms with Gasteiger partial charge < -0.3 is 20.1 Å². The number of nitrogens with one attached hydrogen (secondary N) is 2. The van der Waals surface area contributed by atoms with Crippen LogP contribution in [0.2, 0.25) is 0 Å². The van der Waals surface area contributed by atoms with Crippen molar-refractivity contribution in [2.24, 2.45) is 7.05 Å². The second-order valence-electron chi connectivity index (χ2n) is 11.5. The number of carbonyl (C=O) groups excluding carboxylic acids is 2. The molecule has 9 heteroatoms. The maximum atomic E-state index is 13.1. The van der Waals surface area contributed by atoms with Crippen LogP contribution < -0.4 is 16.2 Å². The van der Waals surface area contributed by atoms with Gasteiger partial charge in [0, 0.05) is 53.6 Å². The zero-order valence-corrected chi connectivity index (χ0v) is 25.3. The quantitative estimate of drug-likeness (QED) is 0.282. The number of aryl methyl sites for hydroxylation is 1. The molecule has 2 amide bonds. The third kappa shape index (κ3) is 6.26. The van der Waals surface area contributed by atoms with E-state index < -0.39 is 0 Å². The van der Waals surface area contributed by atoms with Gasteiger partial charge in [-0.05, 0) is 65.9 Å². The van der Waals surface area contributed by atoms with Crippen LogP contribution in [-0.2, 0) is 12.5 Å². The molecule has 1 fully saturated rings. The summed E-state index contributed by atoms with van der Waals surface area (Å²) in [5.41, 5.74) is 5.59. The molecule has 42 heavy (non-hydrogen) atoms. The molecular weight excluding hydrogens is 546 g/mol. The van der Waals surface area contributed by atoms with Gasteiger partial charge in [0.1, 0.15) is 0 Å². The minimum absolute atomic E-state index is 0.00550. The topological polar surface area (TPSA) is 96.3 Å². The van der Waals surface area contributed by atoms with Gasteiger partial charge in [0.05, 0.1) is 11.6 Å². The normalized spacial score (nSPS) is 13.2. The minimum atomic E-state index is -0.284. The van der Waals surface area contributed by atoms with Crippen molar-refractivity contribution < 1.29 is 9.59 Å². The molecule has 0 bridgehead atoms. The highest BCUT2D eigenvalue weighted by molar-refractivity contribution is 7.99. The fraction of sp³-hybridized carbons (Fsp3) is 0.273. The fourth-order valence-electron chi connectivity index (χ4n) is 4.77. The Morgan fingerprint density at radius 1 is 0.952 bits per heavy atom. The Hall–Kier alpha value is -4.37. The van der Waals surface area contributed by atoms with E-state index in [0.717, 1.165) is 29.0 Å². The molecule has 0 spiro atoms. The van der Waals surface area contributed by atoms with E-state index in [4.69, 9.17) is 0 Å². The van der Waals surface area contributed by atoms with Crippen LogP contribution in [0, 0.1) is 6.92 Å². The zero-order valence-electron chi connectivity index (χ0n) is 24.5. The molecule has 2 heterocycles. The van der Waals surface area contributed by atoms with Crippen molar-refractivity contribution in [3.05, 3.63) is 106 Å². The van der Waals surface area contributed by atoms with Gasteiger partial charge in [-0.15, -0.1) is 11.8 Å². The van der Waals surface area contributed by atoms with Crippen LogP contribution in [0.25, 0.3) is 11.3 Å². The maximum Gasteiger partial charge on any atom is 0.293 e. The van der Waals surface area contributed by atoms with Crippen molar-refractivity contribution in [3.63, 3.8) is 0 Å². The molecule has 0 unspecified atom stereocenters. The van der Waals surface area contributed by atoms with Crippen molar-refractivity contribution in [2.75, 3.05) is 28.8 Å². The number of hydrogen-bond acceptors (Lipinski definition) is 6. The van der Waals surface area contributed by atoms with Crippen molar-refractivity contribution in [3.8, 4) is 11.3 Å². The summed E-state index contributed by atoms with van der Waals surface area (Å²) in [6, 6.07) is 20.4. The smallest absolute Gasteiger partial charge is 0.293 e. The Bertz CT molecular complexity index is 1680. The predicted octanol–water partition coefficient (Wildman–Crippen LogP) is 6.20. The lowest BCUT2D eigenvalue weighted by Gasteiger charge is -2.19. The van der Waals surface area contributed by atoms with Crippen molar-refractivity contribution in [1.82, 2.24) is 14.5 Å². The summed E-state index contributed by atoms with van der Waals surface area (Å²) in [6.07, 6.45) is 1.68. The highest BCUT2D eigenvalue weighted by Gasteiger charge is 2.20. The number of carbonyl (C=O) groups is 2. The van der Waals surface area contributed by atoms with Crippen LogP contribution in [0.3, 0.4) is 0 Å². The average molecular weight is 582 g/mol. The molecule has 2 N–H and O–H groups in total. The Balaban J connectivity index is 1.37. The van der Waals surface area contributed by atoms with Crippen LogP contribution in [0.1, 0.15) is 52.6 Å². The number of aromatic nitrogens is 2. The van der Waals surface area contributed by atoms with Crippen molar-refractivity contribution in [2.45, 2.75) is 33.1 Å². The van der Waals surface area contributed by atoms with E-state index in [0.29, 0.717) is 34.1 Å². The fourth-order valence-corrected chi connectivity index (χ4v) is 5.72. The molecule has 1 aliphatic rings. The molecule has 4 aromatic rings. The Kier molecular flexibility index (Phi) is 8.22. The number of nitrogens with zero attached hydrogens (tertiary/aromatic N) is 3. The van der Waals surface area contributed by atoms with Crippen LogP contribution in [-0.4, -0.2) is 44.4 Å². The first kappa shape index (κ1) is 29.1. The lowest BCUT2D eigenvalue weighted by molar-refractivity contribution is 0.0802. The van der Waals surface area contributed by atoms with E-state index in [1.54, 1.807) is 49.3 Å². The van der Waals surface area contributed by atoms with E-state index in [1.807, 2.05) is 54.3 Å². The monoisotopic (exact) mass is 581 g/mol. The van der Waals surface area contributed by atoms with Gasteiger partial charge in [-0.25, -0.2) is 4.98 Å². The van der Waals surface area contributed by atoms with Crippen molar-refractivity contribution in [1.29, 1.82) is 0 Å². The van der Waals surface area contributed by atoms with E-state index in [-0.39, 0.29) is 28.6 Å². The first-order valence-corrected chi connectivity index (χ1v) is 15.0. The lowest BCUT2D eigenvalue weighted by Crippen LogP contribution is -2.27. The lowest BCUT2D eigenvalue weighted by atomic mass is 9.86. The summed E-state index contributed by atoms with van der Waals surface area (Å²) < 4.78 is 1.48. The first-order valence-electron chi connectivity index (χ1n) is 13.8. The maximum absolute atomic E-state index is 13.1. The Morgan fingerprint density at radius 2 is 1.64 bits per heavy atom. The second-order valence-corrected chi connectivity index (χ2v) is 12.5. The molecule has 0 saturated carbocycles. The van der Waals surface area contributed by atoms with Gasteiger partial charge in [0.15, 0.2) is 5.82 Å². The van der Waals surface area contributed by atoms with Crippen molar-refractivity contribution >= 4 is 40.8 Å². The third-order valence-electron chi connectivity index (χ3n) is 7.38. The van der Waals surface area contributed by atoms with Gasteiger partial charge in [0.2, 0.25) is 0 Å². The molecule has 0 atom stereocenters. The summed E-state index contributed by atoms with van der Waals surface area (Å²) in [4.78, 5) is 45.2. The van der Waals surface area contributed by atoms with Gasteiger partial charge in [0.25, 0.3) is 17.4 Å². The van der Waals surface area contributed by atoms with Gasteiger partial charge >= 0.3 is 0 Å². The molecule has 216 valence electrons. The summed E-state index contributed by atoms with van der Waals surface area (Å²) in [5.74, 6) is 1.64. The average Bonchev–Trinajstić information content (AvgIpc) is 3.51. The second kappa shape index (κ2) is 11.9. The van der Waals surface area contributed by atoms with Crippen LogP contribution in [0.5, 0.6) is 0 Å². The molecule has 1 saturated heterocycles. The number of hydrogen-bond donors (Lipinski definition) is 2. The number of amides is 2. The van der Waals surface area contributed by atoms with Gasteiger partial charge in [-0.2, -0.15) is 0 Å². The minimum Gasteiger partial charge on any atom is -0.336 e. The third-order valence-corrected chi connectivity index (χ3v) is 8.34. The molecule has 0 radical (unpaired) electrons. The molecule has 1 aliphatic heterocycles. The largest absolute Gasteiger partial charge is 0.336 e. The first-order chi connectivity index (χ1) is 20.0. The Labute approximate surface area is 250 Å². The summed E-state index contributed by atoms with van der Waals surface area (Å²) in [5, 5.41) is 6.15. The summed E-state index contributed by atoms with van der Waals surface area (Å²) in [7, 11) is 1.68. The molecule has 3 aromatic carbocycles. The SMILES string of the molecule is Cc1c(NC(=O)c2ccc(C(C)(C)C)cc2)cccc1-c1cn(C)c(=O)c(Nc2ccc(C(=O)N3CCSC3)cc2)n1. The summed E-state index contributed by atoms with van der Waals surface area (Å²) >= 11 is 1.74. The van der Waals surface area contributed by atoms with Crippen LogP contribution in [0.15, 0.2) is 77.7 Å². The number of thioether (sulfide) groups is 1. The molecular formula is C33H35N5O3S. The van der Waals surface area contributed by atoms with E-state index in [1.165, 1.54) is 4.57 Å². The number of rotatable bonds is 6. The number of anilines is 3.